The summed E-state index contributed by atoms with van der Waals surface area (Å²) in [6, 6.07) is 3.79. The molecule has 1 aromatic rings. The van der Waals surface area contributed by atoms with Gasteiger partial charge in [0, 0.05) is 37.6 Å². The van der Waals surface area contributed by atoms with Crippen molar-refractivity contribution in [2.75, 3.05) is 39.4 Å². The molecule has 1 aromatic heterocycles. The van der Waals surface area contributed by atoms with Gasteiger partial charge in [0.25, 0.3) is 0 Å². The number of nitrogens with one attached hydrogen (secondary N) is 2. The third-order valence-corrected chi connectivity index (χ3v) is 3.34. The van der Waals surface area contributed by atoms with Crippen molar-refractivity contribution in [3.8, 4) is 0 Å². The number of hydrogen-bond donors (Lipinski definition) is 2. The zero-order valence-corrected chi connectivity index (χ0v) is 12.8. The van der Waals surface area contributed by atoms with Crippen LogP contribution in [0.5, 0.6) is 0 Å². The third-order valence-electron chi connectivity index (χ3n) is 3.10. The van der Waals surface area contributed by atoms with E-state index in [2.05, 4.69) is 25.7 Å². The summed E-state index contributed by atoms with van der Waals surface area (Å²) in [7, 11) is 0. The van der Waals surface area contributed by atoms with Crippen molar-refractivity contribution in [2.45, 2.75) is 6.42 Å². The lowest BCUT2D eigenvalue weighted by atomic mass is 10.3. The number of thiocarbonyl (C=S) groups is 1. The molecule has 6 nitrogen and oxygen atoms in total. The minimum Gasteiger partial charge on any atom is -0.379 e. The van der Waals surface area contributed by atoms with Gasteiger partial charge in [0.15, 0.2) is 5.11 Å². The van der Waals surface area contributed by atoms with Gasteiger partial charge in [0.05, 0.1) is 19.4 Å². The van der Waals surface area contributed by atoms with Gasteiger partial charge in [0.1, 0.15) is 0 Å². The van der Waals surface area contributed by atoms with E-state index in [4.69, 9.17) is 17.0 Å². The van der Waals surface area contributed by atoms with Crippen LogP contribution in [0.4, 0.5) is 0 Å². The lowest BCUT2D eigenvalue weighted by molar-refractivity contribution is 0.0376. The predicted octanol–water partition coefficient (Wildman–Crippen LogP) is 0.602. The molecule has 2 N–H and O–H groups in total. The number of pyridine rings is 1. The average molecular weight is 307 g/mol. The normalized spacial score (nSPS) is 16.0. The monoisotopic (exact) mass is 307 g/mol. The molecule has 0 unspecified atom stereocenters. The summed E-state index contributed by atoms with van der Waals surface area (Å²) in [6.07, 6.45) is 6.21. The van der Waals surface area contributed by atoms with Crippen LogP contribution < -0.4 is 10.7 Å². The van der Waals surface area contributed by atoms with Gasteiger partial charge in [-0.3, -0.25) is 15.3 Å². The Bertz CT molecular complexity index is 448. The highest BCUT2D eigenvalue weighted by atomic mass is 32.1. The molecule has 0 aromatic carbocycles. The van der Waals surface area contributed by atoms with Crippen LogP contribution >= 0.6 is 12.2 Å². The van der Waals surface area contributed by atoms with Gasteiger partial charge in [-0.2, -0.15) is 5.10 Å². The topological polar surface area (TPSA) is 61.8 Å². The molecule has 0 amide bonds. The van der Waals surface area contributed by atoms with Crippen LogP contribution in [0.1, 0.15) is 12.0 Å². The lowest BCUT2D eigenvalue weighted by Crippen LogP contribution is -2.39. The Kier molecular flexibility index (Phi) is 7.06. The molecule has 2 heterocycles. The molecule has 21 heavy (non-hydrogen) atoms. The Balaban J connectivity index is 1.54. The highest BCUT2D eigenvalue weighted by Gasteiger charge is 2.08. The van der Waals surface area contributed by atoms with E-state index in [-0.39, 0.29) is 0 Å². The second kappa shape index (κ2) is 9.38. The van der Waals surface area contributed by atoms with Crippen molar-refractivity contribution in [1.82, 2.24) is 20.6 Å². The highest BCUT2D eigenvalue weighted by Crippen LogP contribution is 1.97. The first-order chi connectivity index (χ1) is 10.3. The predicted molar refractivity (Wildman–Crippen MR) is 87.4 cm³/mol. The molecule has 1 saturated heterocycles. The van der Waals surface area contributed by atoms with Gasteiger partial charge < -0.3 is 10.1 Å². The van der Waals surface area contributed by atoms with Crippen LogP contribution in [0.2, 0.25) is 0 Å². The van der Waals surface area contributed by atoms with Crippen molar-refractivity contribution in [3.05, 3.63) is 30.1 Å². The van der Waals surface area contributed by atoms with E-state index >= 15 is 0 Å². The molecular formula is C14H21N5OS. The van der Waals surface area contributed by atoms with Crippen molar-refractivity contribution >= 4 is 23.5 Å². The van der Waals surface area contributed by atoms with Crippen LogP contribution in [-0.4, -0.2) is 60.6 Å². The van der Waals surface area contributed by atoms with E-state index in [1.165, 1.54) is 0 Å². The first-order valence-electron chi connectivity index (χ1n) is 7.11. The van der Waals surface area contributed by atoms with Gasteiger partial charge in [0.2, 0.25) is 0 Å². The molecule has 114 valence electrons. The standard InChI is InChI=1S/C14H21N5OS/c21-14(18-17-12-13-3-1-4-15-11-13)16-5-2-6-19-7-9-20-10-8-19/h1,3-4,11-12H,2,5-10H2,(H2,16,18,21)/b17-12+. The minimum absolute atomic E-state index is 0.539. The van der Waals surface area contributed by atoms with Crippen LogP contribution in [0.3, 0.4) is 0 Å². The summed E-state index contributed by atoms with van der Waals surface area (Å²) in [5, 5.41) is 7.75. The number of ether oxygens (including phenoxy) is 1. The molecule has 0 spiro atoms. The first kappa shape index (κ1) is 15.8. The molecular weight excluding hydrogens is 286 g/mol. The second-order valence-electron chi connectivity index (χ2n) is 4.72. The maximum absolute atomic E-state index is 5.32. The lowest BCUT2D eigenvalue weighted by Gasteiger charge is -2.26. The SMILES string of the molecule is S=C(NCCCN1CCOCC1)N/N=C/c1cccnc1. The largest absolute Gasteiger partial charge is 0.379 e. The zero-order chi connectivity index (χ0) is 14.8. The van der Waals surface area contributed by atoms with Crippen LogP contribution in [-0.2, 0) is 4.74 Å². The van der Waals surface area contributed by atoms with E-state index in [9.17, 15) is 0 Å². The number of hydrogen-bond acceptors (Lipinski definition) is 5. The molecule has 0 bridgehead atoms. The van der Waals surface area contributed by atoms with Crippen LogP contribution in [0.15, 0.2) is 29.6 Å². The number of aromatic nitrogens is 1. The molecule has 1 aliphatic rings. The molecule has 7 heteroatoms. The molecule has 0 saturated carbocycles. The fourth-order valence-corrected chi connectivity index (χ4v) is 2.14. The highest BCUT2D eigenvalue weighted by molar-refractivity contribution is 7.80. The van der Waals surface area contributed by atoms with E-state index < -0.39 is 0 Å². The summed E-state index contributed by atoms with van der Waals surface area (Å²) < 4.78 is 5.32. The minimum atomic E-state index is 0.539. The van der Waals surface area contributed by atoms with E-state index in [0.717, 1.165) is 51.4 Å². The Morgan fingerprint density at radius 1 is 1.48 bits per heavy atom. The van der Waals surface area contributed by atoms with Crippen molar-refractivity contribution in [3.63, 3.8) is 0 Å². The van der Waals surface area contributed by atoms with Crippen molar-refractivity contribution in [1.29, 1.82) is 0 Å². The van der Waals surface area contributed by atoms with Gasteiger partial charge in [-0.05, 0) is 31.2 Å². The summed E-state index contributed by atoms with van der Waals surface area (Å²) in [4.78, 5) is 6.41. The quantitative estimate of drug-likeness (QED) is 0.347. The Hall–Kier alpha value is -1.57. The number of rotatable bonds is 6. The van der Waals surface area contributed by atoms with E-state index in [0.29, 0.717) is 5.11 Å². The summed E-state index contributed by atoms with van der Waals surface area (Å²) in [5.74, 6) is 0. The maximum Gasteiger partial charge on any atom is 0.186 e. The first-order valence-corrected chi connectivity index (χ1v) is 7.52. The molecule has 2 rings (SSSR count). The number of hydrazone groups is 1. The van der Waals surface area contributed by atoms with Crippen LogP contribution in [0, 0.1) is 0 Å². The van der Waals surface area contributed by atoms with E-state index in [1.807, 2.05) is 12.1 Å². The van der Waals surface area contributed by atoms with Gasteiger partial charge >= 0.3 is 0 Å². The molecule has 0 radical (unpaired) electrons. The Labute approximate surface area is 130 Å². The van der Waals surface area contributed by atoms with Gasteiger partial charge in [-0.15, -0.1) is 0 Å². The average Bonchev–Trinajstić information content (AvgIpc) is 2.54. The second-order valence-corrected chi connectivity index (χ2v) is 5.13. The number of nitrogens with zero attached hydrogens (tertiary/aromatic N) is 3. The Morgan fingerprint density at radius 2 is 2.33 bits per heavy atom. The molecule has 0 atom stereocenters. The fraction of sp³-hybridized carbons (Fsp3) is 0.500. The summed E-state index contributed by atoms with van der Waals surface area (Å²) in [5.41, 5.74) is 3.73. The third kappa shape index (κ3) is 6.61. The van der Waals surface area contributed by atoms with Crippen molar-refractivity contribution in [2.24, 2.45) is 5.10 Å². The van der Waals surface area contributed by atoms with Crippen molar-refractivity contribution < 1.29 is 4.74 Å². The molecule has 1 fully saturated rings. The smallest absolute Gasteiger partial charge is 0.186 e. The van der Waals surface area contributed by atoms with Gasteiger partial charge in [-0.25, -0.2) is 0 Å². The summed E-state index contributed by atoms with van der Waals surface area (Å²) in [6.45, 7) is 5.65. The fourth-order valence-electron chi connectivity index (χ4n) is 1.99. The molecule has 1 aliphatic heterocycles. The maximum atomic E-state index is 5.32. The molecule has 0 aliphatic carbocycles. The number of morpholine rings is 1. The van der Waals surface area contributed by atoms with Gasteiger partial charge in [-0.1, -0.05) is 6.07 Å². The van der Waals surface area contributed by atoms with Crippen LogP contribution in [0.25, 0.3) is 0 Å². The Morgan fingerprint density at radius 3 is 3.10 bits per heavy atom. The van der Waals surface area contributed by atoms with E-state index in [1.54, 1.807) is 18.6 Å². The zero-order valence-electron chi connectivity index (χ0n) is 12.0. The summed E-state index contributed by atoms with van der Waals surface area (Å²) >= 11 is 5.15.